The molecule has 0 spiro atoms. The Kier molecular flexibility index (Phi) is 19.5. The Morgan fingerprint density at radius 1 is 0.900 bits per heavy atom. The molecule has 1 fully saturated rings. The predicted octanol–water partition coefficient (Wildman–Crippen LogP) is 0.0205. The maximum atomic E-state index is 8.00. The average molecular weight is 146 g/mol. The third-order valence-corrected chi connectivity index (χ3v) is 0.957. The summed E-state index contributed by atoms with van der Waals surface area (Å²) in [4.78, 5) is 8.00. The first-order valence-corrected chi connectivity index (χ1v) is 3.70. The van der Waals surface area contributed by atoms with E-state index < -0.39 is 0 Å². The Labute approximate surface area is 63.2 Å². The Morgan fingerprint density at radius 3 is 1.20 bits per heavy atom. The number of hydrogen-bond acceptors (Lipinski definition) is 3. The molecule has 0 aromatic heterocycles. The van der Waals surface area contributed by atoms with E-state index in [2.05, 4.69) is 10.6 Å². The molecule has 10 heavy (non-hydrogen) atoms. The largest absolute Gasteiger partial charge is 0.314 e. The molecule has 0 bridgehead atoms. The molecule has 1 saturated heterocycles. The summed E-state index contributed by atoms with van der Waals surface area (Å²) in [5.74, 6) is 0. The van der Waals surface area contributed by atoms with Gasteiger partial charge in [-0.25, -0.2) is 0 Å². The van der Waals surface area contributed by atoms with Crippen LogP contribution in [0.4, 0.5) is 0 Å². The summed E-state index contributed by atoms with van der Waals surface area (Å²) >= 11 is 0. The van der Waals surface area contributed by atoms with E-state index in [4.69, 9.17) is 4.79 Å². The average Bonchev–Trinajstić information content (AvgIpc) is 2.14. The molecule has 0 aromatic rings. The second-order valence-electron chi connectivity index (χ2n) is 1.50. The van der Waals surface area contributed by atoms with Crippen LogP contribution in [0.3, 0.4) is 0 Å². The standard InChI is InChI=1S/C4H10N2.C2H6.CH2O/c1-2-6-4-3-5-1;2*1-2/h5-6H,1-4H2;1-2H3;1H2. The molecule has 1 aliphatic heterocycles. The van der Waals surface area contributed by atoms with Crippen LogP contribution in [0.25, 0.3) is 0 Å². The van der Waals surface area contributed by atoms with Crippen molar-refractivity contribution in [1.29, 1.82) is 0 Å². The van der Waals surface area contributed by atoms with Gasteiger partial charge in [-0.15, -0.1) is 0 Å². The summed E-state index contributed by atoms with van der Waals surface area (Å²) < 4.78 is 0. The second-order valence-corrected chi connectivity index (χ2v) is 1.50. The molecule has 62 valence electrons. The van der Waals surface area contributed by atoms with Crippen molar-refractivity contribution in [1.82, 2.24) is 10.6 Å². The highest BCUT2D eigenvalue weighted by molar-refractivity contribution is 5.10. The van der Waals surface area contributed by atoms with Crippen molar-refractivity contribution in [3.8, 4) is 0 Å². The van der Waals surface area contributed by atoms with Crippen molar-refractivity contribution >= 4 is 6.79 Å². The summed E-state index contributed by atoms with van der Waals surface area (Å²) in [5, 5.41) is 6.44. The van der Waals surface area contributed by atoms with Crippen LogP contribution in [0.2, 0.25) is 0 Å². The lowest BCUT2D eigenvalue weighted by Crippen LogP contribution is -2.39. The third kappa shape index (κ3) is 10.5. The summed E-state index contributed by atoms with van der Waals surface area (Å²) in [5.41, 5.74) is 0. The molecule has 0 unspecified atom stereocenters. The van der Waals surface area contributed by atoms with E-state index in [0.717, 1.165) is 26.2 Å². The Bertz CT molecular complexity index is 35.4. The van der Waals surface area contributed by atoms with Crippen molar-refractivity contribution in [3.05, 3.63) is 0 Å². The molecule has 0 aromatic carbocycles. The first kappa shape index (κ1) is 12.3. The van der Waals surface area contributed by atoms with E-state index in [1.807, 2.05) is 20.6 Å². The predicted molar refractivity (Wildman–Crippen MR) is 44.2 cm³/mol. The van der Waals surface area contributed by atoms with Crippen LogP contribution in [0, 0.1) is 0 Å². The summed E-state index contributed by atoms with van der Waals surface area (Å²) in [6, 6.07) is 0. The fraction of sp³-hybridized carbons (Fsp3) is 0.857. The van der Waals surface area contributed by atoms with Gasteiger partial charge in [0.15, 0.2) is 0 Å². The number of carbonyl (C=O) groups is 1. The van der Waals surface area contributed by atoms with E-state index >= 15 is 0 Å². The van der Waals surface area contributed by atoms with Gasteiger partial charge in [-0.05, 0) is 0 Å². The maximum Gasteiger partial charge on any atom is 0.106 e. The zero-order chi connectivity index (χ0) is 8.24. The minimum absolute atomic E-state index is 1.14. The lowest BCUT2D eigenvalue weighted by molar-refractivity contribution is -0.0979. The molecule has 0 amide bonds. The topological polar surface area (TPSA) is 41.1 Å². The van der Waals surface area contributed by atoms with Gasteiger partial charge in [0, 0.05) is 26.2 Å². The Hall–Kier alpha value is -0.410. The van der Waals surface area contributed by atoms with Gasteiger partial charge in [0.2, 0.25) is 0 Å². The van der Waals surface area contributed by atoms with Gasteiger partial charge < -0.3 is 15.4 Å². The van der Waals surface area contributed by atoms with Crippen LogP contribution in [0.15, 0.2) is 0 Å². The molecule has 2 N–H and O–H groups in total. The van der Waals surface area contributed by atoms with Gasteiger partial charge in [0.25, 0.3) is 0 Å². The quantitative estimate of drug-likeness (QED) is 0.506. The van der Waals surface area contributed by atoms with Crippen molar-refractivity contribution in [2.45, 2.75) is 13.8 Å². The van der Waals surface area contributed by atoms with Crippen LogP contribution in [-0.2, 0) is 4.79 Å². The Balaban J connectivity index is 0. The molecule has 0 aliphatic carbocycles. The van der Waals surface area contributed by atoms with Crippen LogP contribution in [0.5, 0.6) is 0 Å². The van der Waals surface area contributed by atoms with E-state index in [1.165, 1.54) is 0 Å². The van der Waals surface area contributed by atoms with Crippen LogP contribution >= 0.6 is 0 Å². The molecule has 0 saturated carbocycles. The molecule has 1 rings (SSSR count). The normalized spacial score (nSPS) is 15.4. The summed E-state index contributed by atoms with van der Waals surface area (Å²) in [6.07, 6.45) is 0. The summed E-state index contributed by atoms with van der Waals surface area (Å²) in [7, 11) is 0. The molecular weight excluding hydrogens is 128 g/mol. The number of piperazine rings is 1. The van der Waals surface area contributed by atoms with Gasteiger partial charge >= 0.3 is 0 Å². The summed E-state index contributed by atoms with van der Waals surface area (Å²) in [6.45, 7) is 10.6. The number of carbonyl (C=O) groups excluding carboxylic acids is 1. The number of nitrogens with one attached hydrogen (secondary N) is 2. The minimum Gasteiger partial charge on any atom is -0.314 e. The maximum absolute atomic E-state index is 8.00. The highest BCUT2D eigenvalue weighted by Gasteiger charge is 1.91. The van der Waals surface area contributed by atoms with E-state index in [-0.39, 0.29) is 0 Å². The van der Waals surface area contributed by atoms with Gasteiger partial charge in [-0.1, -0.05) is 13.8 Å². The molecule has 1 heterocycles. The molecule has 1 aliphatic rings. The highest BCUT2D eigenvalue weighted by Crippen LogP contribution is 1.65. The zero-order valence-electron chi connectivity index (χ0n) is 6.94. The highest BCUT2D eigenvalue weighted by atomic mass is 16.1. The lowest BCUT2D eigenvalue weighted by Gasteiger charge is -2.11. The van der Waals surface area contributed by atoms with Crippen LogP contribution in [0.1, 0.15) is 13.8 Å². The second kappa shape index (κ2) is 15.8. The number of rotatable bonds is 0. The van der Waals surface area contributed by atoms with Gasteiger partial charge in [-0.3, -0.25) is 0 Å². The van der Waals surface area contributed by atoms with Crippen molar-refractivity contribution in [3.63, 3.8) is 0 Å². The van der Waals surface area contributed by atoms with Crippen molar-refractivity contribution in [2.75, 3.05) is 26.2 Å². The molecule has 3 heteroatoms. The van der Waals surface area contributed by atoms with Crippen LogP contribution in [-0.4, -0.2) is 33.0 Å². The molecular formula is C7H18N2O. The monoisotopic (exact) mass is 146 g/mol. The Morgan fingerprint density at radius 2 is 1.10 bits per heavy atom. The van der Waals surface area contributed by atoms with Gasteiger partial charge in [0.1, 0.15) is 6.79 Å². The number of hydrogen-bond donors (Lipinski definition) is 2. The fourth-order valence-corrected chi connectivity index (χ4v) is 0.604. The first-order chi connectivity index (χ1) is 5.00. The van der Waals surface area contributed by atoms with E-state index in [9.17, 15) is 0 Å². The van der Waals surface area contributed by atoms with E-state index in [0.29, 0.717) is 0 Å². The first-order valence-electron chi connectivity index (χ1n) is 3.70. The SMILES string of the molecule is C1CNCCN1.C=O.CC. The van der Waals surface area contributed by atoms with Crippen molar-refractivity contribution < 1.29 is 4.79 Å². The molecule has 0 atom stereocenters. The molecule has 0 radical (unpaired) electrons. The minimum atomic E-state index is 1.14. The van der Waals surface area contributed by atoms with Crippen molar-refractivity contribution in [2.24, 2.45) is 0 Å². The van der Waals surface area contributed by atoms with Gasteiger partial charge in [-0.2, -0.15) is 0 Å². The van der Waals surface area contributed by atoms with Crippen LogP contribution < -0.4 is 10.6 Å². The van der Waals surface area contributed by atoms with E-state index in [1.54, 1.807) is 0 Å². The fourth-order valence-electron chi connectivity index (χ4n) is 0.604. The third-order valence-electron chi connectivity index (χ3n) is 0.957. The van der Waals surface area contributed by atoms with Gasteiger partial charge in [0.05, 0.1) is 0 Å². The molecule has 3 nitrogen and oxygen atoms in total. The lowest BCUT2D eigenvalue weighted by atomic mass is 10.4. The smallest absolute Gasteiger partial charge is 0.106 e. The zero-order valence-corrected chi connectivity index (χ0v) is 6.94.